The van der Waals surface area contributed by atoms with E-state index in [4.69, 9.17) is 4.74 Å². The van der Waals surface area contributed by atoms with Crippen LogP contribution in [0, 0.1) is 0 Å². The molecule has 0 aliphatic carbocycles. The number of carbonyl (C=O) groups is 1. The SMILES string of the molecule is CCOC(=O)C1C=NCCc2ccsc21. The lowest BCUT2D eigenvalue weighted by atomic mass is 10.1. The van der Waals surface area contributed by atoms with Gasteiger partial charge in [-0.2, -0.15) is 0 Å². The molecule has 2 rings (SSSR count). The van der Waals surface area contributed by atoms with Crippen molar-refractivity contribution in [3.8, 4) is 0 Å². The van der Waals surface area contributed by atoms with Crippen LogP contribution in [0.5, 0.6) is 0 Å². The van der Waals surface area contributed by atoms with Crippen molar-refractivity contribution in [1.29, 1.82) is 0 Å². The predicted molar refractivity (Wildman–Crippen MR) is 60.8 cm³/mol. The van der Waals surface area contributed by atoms with Crippen LogP contribution in [0.15, 0.2) is 16.4 Å². The molecule has 0 bridgehead atoms. The highest BCUT2D eigenvalue weighted by Gasteiger charge is 2.25. The van der Waals surface area contributed by atoms with Crippen molar-refractivity contribution in [2.75, 3.05) is 13.2 Å². The third kappa shape index (κ3) is 2.09. The van der Waals surface area contributed by atoms with E-state index in [1.54, 1.807) is 17.6 Å². The highest BCUT2D eigenvalue weighted by atomic mass is 32.1. The molecule has 1 atom stereocenters. The van der Waals surface area contributed by atoms with Gasteiger partial charge in [0.05, 0.1) is 6.61 Å². The minimum Gasteiger partial charge on any atom is -0.465 e. The molecule has 1 aromatic rings. The number of ether oxygens (including phenoxy) is 1. The number of esters is 1. The van der Waals surface area contributed by atoms with Gasteiger partial charge in [0, 0.05) is 17.6 Å². The van der Waals surface area contributed by atoms with Crippen molar-refractivity contribution < 1.29 is 9.53 Å². The fraction of sp³-hybridized carbons (Fsp3) is 0.455. The minimum atomic E-state index is -0.289. The summed E-state index contributed by atoms with van der Waals surface area (Å²) in [6.45, 7) is 3.00. The van der Waals surface area contributed by atoms with Crippen LogP contribution in [-0.2, 0) is 16.0 Å². The summed E-state index contributed by atoms with van der Waals surface area (Å²) in [6, 6.07) is 2.07. The van der Waals surface area contributed by atoms with Crippen molar-refractivity contribution in [1.82, 2.24) is 0 Å². The molecule has 0 amide bonds. The third-order valence-corrected chi connectivity index (χ3v) is 3.41. The zero-order valence-corrected chi connectivity index (χ0v) is 9.42. The molecule has 0 N–H and O–H groups in total. The standard InChI is InChI=1S/C11H13NO2S/c1-2-14-11(13)9-7-12-5-3-8-4-6-15-10(8)9/h4,6-7,9H,2-3,5H2,1H3. The number of hydrogen-bond donors (Lipinski definition) is 0. The van der Waals surface area contributed by atoms with Gasteiger partial charge in [-0.15, -0.1) is 11.3 Å². The van der Waals surface area contributed by atoms with Gasteiger partial charge >= 0.3 is 5.97 Å². The Labute approximate surface area is 92.8 Å². The molecule has 80 valence electrons. The van der Waals surface area contributed by atoms with E-state index in [1.807, 2.05) is 12.3 Å². The Morgan fingerprint density at radius 3 is 3.40 bits per heavy atom. The molecule has 0 saturated heterocycles. The van der Waals surface area contributed by atoms with Crippen molar-refractivity contribution in [2.24, 2.45) is 4.99 Å². The number of nitrogens with zero attached hydrogens (tertiary/aromatic N) is 1. The first-order chi connectivity index (χ1) is 7.33. The van der Waals surface area contributed by atoms with Crippen molar-refractivity contribution in [3.05, 3.63) is 21.9 Å². The number of rotatable bonds is 2. The lowest BCUT2D eigenvalue weighted by Crippen LogP contribution is -2.16. The Balaban J connectivity index is 2.28. The normalized spacial score (nSPS) is 19.4. The van der Waals surface area contributed by atoms with Gasteiger partial charge in [0.25, 0.3) is 0 Å². The molecule has 1 unspecified atom stereocenters. The van der Waals surface area contributed by atoms with E-state index in [9.17, 15) is 4.79 Å². The molecule has 0 spiro atoms. The zero-order chi connectivity index (χ0) is 10.7. The molecule has 1 aliphatic rings. The lowest BCUT2D eigenvalue weighted by molar-refractivity contribution is -0.143. The van der Waals surface area contributed by atoms with E-state index < -0.39 is 0 Å². The number of thiophene rings is 1. The van der Waals surface area contributed by atoms with E-state index in [0.29, 0.717) is 6.61 Å². The molecule has 0 radical (unpaired) electrons. The van der Waals surface area contributed by atoms with E-state index in [1.165, 1.54) is 5.56 Å². The molecule has 0 aromatic carbocycles. The number of aliphatic imine (C=N–C) groups is 1. The molecule has 15 heavy (non-hydrogen) atoms. The first-order valence-electron chi connectivity index (χ1n) is 5.05. The Morgan fingerprint density at radius 1 is 1.73 bits per heavy atom. The quantitative estimate of drug-likeness (QED) is 0.719. The average molecular weight is 223 g/mol. The summed E-state index contributed by atoms with van der Waals surface area (Å²) in [7, 11) is 0. The molecule has 0 fully saturated rings. The monoisotopic (exact) mass is 223 g/mol. The molecular formula is C11H13NO2S. The molecule has 1 aromatic heterocycles. The first-order valence-corrected chi connectivity index (χ1v) is 5.93. The van der Waals surface area contributed by atoms with Gasteiger partial charge < -0.3 is 4.74 Å². The summed E-state index contributed by atoms with van der Waals surface area (Å²) in [4.78, 5) is 17.0. The summed E-state index contributed by atoms with van der Waals surface area (Å²) in [5.41, 5.74) is 1.23. The number of fused-ring (bicyclic) bond motifs is 1. The second-order valence-electron chi connectivity index (χ2n) is 3.35. The average Bonchev–Trinajstić information content (AvgIpc) is 2.58. The van der Waals surface area contributed by atoms with Gasteiger partial charge in [-0.3, -0.25) is 9.79 Å². The summed E-state index contributed by atoms with van der Waals surface area (Å²) in [6.07, 6.45) is 2.64. The Kier molecular flexibility index (Phi) is 3.16. The third-order valence-electron chi connectivity index (χ3n) is 2.37. The summed E-state index contributed by atoms with van der Waals surface area (Å²) in [5, 5.41) is 2.02. The molecule has 2 heterocycles. The van der Waals surface area contributed by atoms with Crippen molar-refractivity contribution in [3.63, 3.8) is 0 Å². The Morgan fingerprint density at radius 2 is 2.60 bits per heavy atom. The van der Waals surface area contributed by atoms with Crippen LogP contribution in [0.4, 0.5) is 0 Å². The van der Waals surface area contributed by atoms with Crippen LogP contribution in [0.1, 0.15) is 23.3 Å². The molecule has 1 aliphatic heterocycles. The lowest BCUT2D eigenvalue weighted by Gasteiger charge is -2.09. The van der Waals surface area contributed by atoms with E-state index in [2.05, 4.69) is 11.1 Å². The molecule has 0 saturated carbocycles. The van der Waals surface area contributed by atoms with Crippen molar-refractivity contribution in [2.45, 2.75) is 19.3 Å². The van der Waals surface area contributed by atoms with Gasteiger partial charge in [0.2, 0.25) is 0 Å². The highest BCUT2D eigenvalue weighted by Crippen LogP contribution is 2.28. The fourth-order valence-electron chi connectivity index (χ4n) is 1.66. The number of hydrogen-bond acceptors (Lipinski definition) is 4. The van der Waals surface area contributed by atoms with Gasteiger partial charge in [0.1, 0.15) is 5.92 Å². The summed E-state index contributed by atoms with van der Waals surface area (Å²) < 4.78 is 5.04. The van der Waals surface area contributed by atoms with E-state index in [0.717, 1.165) is 17.8 Å². The highest BCUT2D eigenvalue weighted by molar-refractivity contribution is 7.10. The zero-order valence-electron chi connectivity index (χ0n) is 8.60. The Bertz CT molecular complexity index is 384. The molecular weight excluding hydrogens is 210 g/mol. The van der Waals surface area contributed by atoms with Gasteiger partial charge in [-0.25, -0.2) is 0 Å². The summed E-state index contributed by atoms with van der Waals surface area (Å²) >= 11 is 1.61. The largest absolute Gasteiger partial charge is 0.465 e. The molecule has 4 heteroatoms. The maximum atomic E-state index is 11.7. The van der Waals surface area contributed by atoms with Crippen LogP contribution in [0.25, 0.3) is 0 Å². The molecule has 3 nitrogen and oxygen atoms in total. The smallest absolute Gasteiger partial charge is 0.319 e. The van der Waals surface area contributed by atoms with Crippen LogP contribution in [-0.4, -0.2) is 25.3 Å². The van der Waals surface area contributed by atoms with Gasteiger partial charge in [-0.05, 0) is 30.4 Å². The van der Waals surface area contributed by atoms with E-state index in [-0.39, 0.29) is 11.9 Å². The van der Waals surface area contributed by atoms with Crippen LogP contribution < -0.4 is 0 Å². The maximum Gasteiger partial charge on any atom is 0.319 e. The van der Waals surface area contributed by atoms with Gasteiger partial charge in [-0.1, -0.05) is 0 Å². The van der Waals surface area contributed by atoms with Crippen molar-refractivity contribution >= 4 is 23.5 Å². The summed E-state index contributed by atoms with van der Waals surface area (Å²) in [5.74, 6) is -0.478. The topological polar surface area (TPSA) is 38.7 Å². The van der Waals surface area contributed by atoms with Crippen LogP contribution in [0.2, 0.25) is 0 Å². The first kappa shape index (κ1) is 10.4. The predicted octanol–water partition coefficient (Wildman–Crippen LogP) is 2.02. The van der Waals surface area contributed by atoms with E-state index >= 15 is 0 Å². The minimum absolute atomic E-state index is 0.188. The van der Waals surface area contributed by atoms with Crippen LogP contribution >= 0.6 is 11.3 Å². The van der Waals surface area contributed by atoms with Crippen LogP contribution in [0.3, 0.4) is 0 Å². The Hall–Kier alpha value is -1.16. The number of carbonyl (C=O) groups excluding carboxylic acids is 1. The second-order valence-corrected chi connectivity index (χ2v) is 4.29. The van der Waals surface area contributed by atoms with Gasteiger partial charge in [0.15, 0.2) is 0 Å². The second kappa shape index (κ2) is 4.57. The maximum absolute atomic E-state index is 11.7. The fourth-order valence-corrected chi connectivity index (χ4v) is 2.66.